The van der Waals surface area contributed by atoms with E-state index >= 15 is 0 Å². The summed E-state index contributed by atoms with van der Waals surface area (Å²) in [6.45, 7) is 1.07. The summed E-state index contributed by atoms with van der Waals surface area (Å²) in [5, 5.41) is 6.02. The van der Waals surface area contributed by atoms with Crippen LogP contribution in [-0.4, -0.2) is 9.13 Å². The van der Waals surface area contributed by atoms with Gasteiger partial charge in [-0.25, -0.2) is 0 Å². The lowest BCUT2D eigenvalue weighted by Gasteiger charge is -2.12. The molecule has 0 saturated heterocycles. The Morgan fingerprint density at radius 2 is 1.11 bits per heavy atom. The standard InChI is InChI=1S/C40H32N2O2/c1-41-24-36(34-23-30(17-19-37(34)41)43-25-27-11-5-3-6-12-27)39-32-16-10-9-15-29(32)21-35-33-22-31(18-20-38(33)42(2)40(35)39)44-26-28-13-7-4-8-14-28/h3-24H,25-26H2,1-2H3. The van der Waals surface area contributed by atoms with Crippen molar-refractivity contribution in [2.75, 3.05) is 0 Å². The van der Waals surface area contributed by atoms with Gasteiger partial charge < -0.3 is 18.6 Å². The molecular formula is C40H32N2O2. The summed E-state index contributed by atoms with van der Waals surface area (Å²) in [4.78, 5) is 0. The fraction of sp³-hybridized carbons (Fsp3) is 0.100. The molecule has 44 heavy (non-hydrogen) atoms. The second-order valence-electron chi connectivity index (χ2n) is 11.5. The Morgan fingerprint density at radius 1 is 0.523 bits per heavy atom. The number of nitrogens with zero attached hydrogens (tertiary/aromatic N) is 2. The number of benzene rings is 6. The van der Waals surface area contributed by atoms with Gasteiger partial charge in [-0.05, 0) is 64.4 Å². The summed E-state index contributed by atoms with van der Waals surface area (Å²) in [5.41, 5.74) is 8.29. The Balaban J connectivity index is 1.30. The molecule has 0 unspecified atom stereocenters. The summed E-state index contributed by atoms with van der Waals surface area (Å²) in [7, 11) is 4.30. The van der Waals surface area contributed by atoms with E-state index in [0.717, 1.165) is 22.6 Å². The second-order valence-corrected chi connectivity index (χ2v) is 11.5. The minimum Gasteiger partial charge on any atom is -0.489 e. The van der Waals surface area contributed by atoms with Crippen LogP contribution in [0, 0.1) is 0 Å². The molecule has 8 aromatic rings. The van der Waals surface area contributed by atoms with Crippen molar-refractivity contribution in [3.05, 3.63) is 145 Å². The van der Waals surface area contributed by atoms with Gasteiger partial charge in [0.1, 0.15) is 24.7 Å². The van der Waals surface area contributed by atoms with E-state index in [9.17, 15) is 0 Å². The summed E-state index contributed by atoms with van der Waals surface area (Å²) in [6, 6.07) is 44.6. The third-order valence-electron chi connectivity index (χ3n) is 8.70. The lowest BCUT2D eigenvalue weighted by molar-refractivity contribution is 0.306. The predicted octanol–water partition coefficient (Wildman–Crippen LogP) is 9.80. The largest absolute Gasteiger partial charge is 0.489 e. The van der Waals surface area contributed by atoms with E-state index in [-0.39, 0.29) is 0 Å². The SMILES string of the molecule is Cn1cc(-c2c3ccccc3cc3c4cc(OCc5ccccc5)ccc4n(C)c23)c2cc(OCc3ccccc3)ccc21. The molecule has 0 bridgehead atoms. The highest BCUT2D eigenvalue weighted by atomic mass is 16.5. The van der Waals surface area contributed by atoms with Gasteiger partial charge in [0.2, 0.25) is 0 Å². The molecule has 0 radical (unpaired) electrons. The average molecular weight is 573 g/mol. The Bertz CT molecular complexity index is 2300. The van der Waals surface area contributed by atoms with Crippen molar-refractivity contribution >= 4 is 43.5 Å². The highest BCUT2D eigenvalue weighted by Gasteiger charge is 2.20. The third kappa shape index (κ3) is 4.47. The van der Waals surface area contributed by atoms with Gasteiger partial charge in [-0.15, -0.1) is 0 Å². The first-order chi connectivity index (χ1) is 21.6. The van der Waals surface area contributed by atoms with Crippen LogP contribution in [0.4, 0.5) is 0 Å². The van der Waals surface area contributed by atoms with Gasteiger partial charge in [0.25, 0.3) is 0 Å². The van der Waals surface area contributed by atoms with Gasteiger partial charge in [0.05, 0.1) is 5.52 Å². The maximum atomic E-state index is 6.29. The zero-order chi connectivity index (χ0) is 29.6. The molecule has 0 atom stereocenters. The molecule has 0 fully saturated rings. The normalized spacial score (nSPS) is 11.6. The smallest absolute Gasteiger partial charge is 0.120 e. The zero-order valence-corrected chi connectivity index (χ0v) is 24.8. The Labute approximate surface area is 256 Å². The van der Waals surface area contributed by atoms with Crippen molar-refractivity contribution in [3.8, 4) is 22.6 Å². The van der Waals surface area contributed by atoms with Crippen LogP contribution in [0.1, 0.15) is 11.1 Å². The van der Waals surface area contributed by atoms with Crippen LogP contribution < -0.4 is 9.47 Å². The van der Waals surface area contributed by atoms with Crippen LogP contribution in [0.5, 0.6) is 11.5 Å². The van der Waals surface area contributed by atoms with Gasteiger partial charge in [-0.1, -0.05) is 84.9 Å². The molecule has 0 aliphatic rings. The molecule has 4 heteroatoms. The summed E-state index contributed by atoms with van der Waals surface area (Å²) >= 11 is 0. The van der Waals surface area contributed by atoms with Crippen molar-refractivity contribution in [2.45, 2.75) is 13.2 Å². The molecule has 2 heterocycles. The Kier molecular flexibility index (Phi) is 6.34. The molecule has 8 rings (SSSR count). The number of hydrogen-bond donors (Lipinski definition) is 0. The molecule has 214 valence electrons. The van der Waals surface area contributed by atoms with Crippen LogP contribution in [0.15, 0.2) is 134 Å². The monoisotopic (exact) mass is 572 g/mol. The van der Waals surface area contributed by atoms with Gasteiger partial charge in [0, 0.05) is 58.6 Å². The molecule has 6 aromatic carbocycles. The number of hydrogen-bond acceptors (Lipinski definition) is 2. The number of rotatable bonds is 7. The Hall–Kier alpha value is -5.48. The zero-order valence-electron chi connectivity index (χ0n) is 24.8. The average Bonchev–Trinajstić information content (AvgIpc) is 3.55. The van der Waals surface area contributed by atoms with E-state index in [1.165, 1.54) is 54.6 Å². The maximum Gasteiger partial charge on any atom is 0.120 e. The molecule has 0 N–H and O–H groups in total. The molecule has 2 aromatic heterocycles. The lowest BCUT2D eigenvalue weighted by Crippen LogP contribution is -1.95. The minimum atomic E-state index is 0.533. The molecule has 0 amide bonds. The summed E-state index contributed by atoms with van der Waals surface area (Å²) in [6.07, 6.45) is 2.26. The molecule has 0 aliphatic carbocycles. The molecule has 0 aliphatic heterocycles. The molecule has 0 spiro atoms. The Morgan fingerprint density at radius 3 is 1.80 bits per heavy atom. The molecule has 4 nitrogen and oxygen atoms in total. The van der Waals surface area contributed by atoms with E-state index in [2.05, 4.69) is 120 Å². The summed E-state index contributed by atoms with van der Waals surface area (Å²) in [5.74, 6) is 1.73. The second kappa shape index (κ2) is 10.7. The number of aromatic nitrogens is 2. The number of aryl methyl sites for hydroxylation is 2. The van der Waals surface area contributed by atoms with Crippen LogP contribution in [0.3, 0.4) is 0 Å². The van der Waals surface area contributed by atoms with Crippen molar-refractivity contribution < 1.29 is 9.47 Å². The summed E-state index contributed by atoms with van der Waals surface area (Å²) < 4.78 is 17.1. The number of ether oxygens (including phenoxy) is 2. The van der Waals surface area contributed by atoms with Gasteiger partial charge in [-0.2, -0.15) is 0 Å². The van der Waals surface area contributed by atoms with E-state index in [0.29, 0.717) is 13.2 Å². The number of fused-ring (bicyclic) bond motifs is 5. The third-order valence-corrected chi connectivity index (χ3v) is 8.70. The quantitative estimate of drug-likeness (QED) is 0.190. The van der Waals surface area contributed by atoms with E-state index in [4.69, 9.17) is 9.47 Å². The van der Waals surface area contributed by atoms with Crippen molar-refractivity contribution in [1.29, 1.82) is 0 Å². The van der Waals surface area contributed by atoms with Crippen LogP contribution in [-0.2, 0) is 27.3 Å². The highest BCUT2D eigenvalue weighted by molar-refractivity contribution is 6.22. The molecular weight excluding hydrogens is 540 g/mol. The van der Waals surface area contributed by atoms with Crippen LogP contribution in [0.25, 0.3) is 54.6 Å². The first-order valence-electron chi connectivity index (χ1n) is 15.0. The van der Waals surface area contributed by atoms with E-state index in [1.54, 1.807) is 0 Å². The first-order valence-corrected chi connectivity index (χ1v) is 15.0. The van der Waals surface area contributed by atoms with Crippen LogP contribution >= 0.6 is 0 Å². The predicted molar refractivity (Wildman–Crippen MR) is 181 cm³/mol. The fourth-order valence-electron chi connectivity index (χ4n) is 6.54. The van der Waals surface area contributed by atoms with Gasteiger partial charge in [-0.3, -0.25) is 0 Å². The van der Waals surface area contributed by atoms with E-state index < -0.39 is 0 Å². The van der Waals surface area contributed by atoms with Crippen LogP contribution in [0.2, 0.25) is 0 Å². The van der Waals surface area contributed by atoms with E-state index in [1.807, 2.05) is 36.4 Å². The molecule has 0 saturated carbocycles. The highest BCUT2D eigenvalue weighted by Crippen LogP contribution is 2.44. The van der Waals surface area contributed by atoms with Gasteiger partial charge in [0.15, 0.2) is 0 Å². The topological polar surface area (TPSA) is 28.3 Å². The lowest BCUT2D eigenvalue weighted by atomic mass is 9.94. The van der Waals surface area contributed by atoms with Crippen molar-refractivity contribution in [2.24, 2.45) is 14.1 Å². The maximum absolute atomic E-state index is 6.29. The first kappa shape index (κ1) is 26.2. The van der Waals surface area contributed by atoms with Gasteiger partial charge >= 0.3 is 0 Å². The van der Waals surface area contributed by atoms with Crippen molar-refractivity contribution in [1.82, 2.24) is 9.13 Å². The minimum absolute atomic E-state index is 0.533. The van der Waals surface area contributed by atoms with Crippen molar-refractivity contribution in [3.63, 3.8) is 0 Å². The fourth-order valence-corrected chi connectivity index (χ4v) is 6.54.